The molecule has 0 aliphatic carbocycles. The second kappa shape index (κ2) is 10.2. The molecule has 30 heavy (non-hydrogen) atoms. The maximum atomic E-state index is 12.6. The number of anilines is 1. The number of carbonyl (C=O) groups excluding carboxylic acids is 2. The molecule has 2 N–H and O–H groups in total. The first-order valence-corrected chi connectivity index (χ1v) is 9.58. The molecule has 7 nitrogen and oxygen atoms in total. The molecule has 0 saturated carbocycles. The SMILES string of the molecule is COc1ccccc1CN(C)C(=O)CNc1ccccc1C(=O)NCc1ccco1. The van der Waals surface area contributed by atoms with E-state index >= 15 is 0 Å². The standard InChI is InChI=1S/C23H25N3O4/c1-26(16-17-8-3-6-12-21(17)29-2)22(27)15-24-20-11-5-4-10-19(20)23(28)25-14-18-9-7-13-30-18/h3-13,24H,14-16H2,1-2H3,(H,25,28). The maximum Gasteiger partial charge on any atom is 0.253 e. The smallest absolute Gasteiger partial charge is 0.253 e. The number of benzene rings is 2. The molecular weight excluding hydrogens is 382 g/mol. The number of methoxy groups -OCH3 is 1. The molecule has 0 radical (unpaired) electrons. The summed E-state index contributed by atoms with van der Waals surface area (Å²) in [6.45, 7) is 0.782. The minimum Gasteiger partial charge on any atom is -0.496 e. The van der Waals surface area contributed by atoms with Crippen LogP contribution in [0.15, 0.2) is 71.3 Å². The average molecular weight is 407 g/mol. The van der Waals surface area contributed by atoms with Gasteiger partial charge >= 0.3 is 0 Å². The van der Waals surface area contributed by atoms with Crippen molar-refractivity contribution in [3.8, 4) is 5.75 Å². The number of nitrogens with zero attached hydrogens (tertiary/aromatic N) is 1. The van der Waals surface area contributed by atoms with Crippen molar-refractivity contribution < 1.29 is 18.7 Å². The number of likely N-dealkylation sites (N-methyl/N-ethyl adjacent to an activating group) is 1. The lowest BCUT2D eigenvalue weighted by Gasteiger charge is -2.20. The summed E-state index contributed by atoms with van der Waals surface area (Å²) in [5.74, 6) is 1.06. The first-order chi connectivity index (χ1) is 14.6. The molecule has 156 valence electrons. The molecule has 1 aromatic heterocycles. The van der Waals surface area contributed by atoms with Gasteiger partial charge in [-0.05, 0) is 30.3 Å². The number of hydrogen-bond acceptors (Lipinski definition) is 5. The molecule has 0 spiro atoms. The summed E-state index contributed by atoms with van der Waals surface area (Å²) in [6, 6.07) is 18.2. The van der Waals surface area contributed by atoms with Crippen molar-refractivity contribution in [3.63, 3.8) is 0 Å². The summed E-state index contributed by atoms with van der Waals surface area (Å²) in [6.07, 6.45) is 1.56. The third kappa shape index (κ3) is 5.41. The Labute approximate surface area is 175 Å². The fraction of sp³-hybridized carbons (Fsp3) is 0.217. The second-order valence-corrected chi connectivity index (χ2v) is 6.72. The van der Waals surface area contributed by atoms with Crippen molar-refractivity contribution in [1.82, 2.24) is 10.2 Å². The number of rotatable bonds is 9. The molecule has 2 aromatic carbocycles. The molecule has 0 aliphatic rings. The third-order valence-corrected chi connectivity index (χ3v) is 4.63. The van der Waals surface area contributed by atoms with E-state index in [1.807, 2.05) is 30.3 Å². The van der Waals surface area contributed by atoms with Crippen molar-refractivity contribution in [3.05, 3.63) is 83.8 Å². The Morgan fingerprint density at radius 3 is 2.57 bits per heavy atom. The van der Waals surface area contributed by atoms with Gasteiger partial charge in [0.2, 0.25) is 5.91 Å². The van der Waals surface area contributed by atoms with E-state index < -0.39 is 0 Å². The van der Waals surface area contributed by atoms with Crippen LogP contribution in [0.3, 0.4) is 0 Å². The van der Waals surface area contributed by atoms with E-state index in [2.05, 4.69) is 10.6 Å². The van der Waals surface area contributed by atoms with Gasteiger partial charge in [0.25, 0.3) is 5.91 Å². The summed E-state index contributed by atoms with van der Waals surface area (Å²) in [5.41, 5.74) is 1.98. The highest BCUT2D eigenvalue weighted by atomic mass is 16.5. The number of hydrogen-bond donors (Lipinski definition) is 2. The lowest BCUT2D eigenvalue weighted by atomic mass is 10.1. The van der Waals surface area contributed by atoms with Crippen LogP contribution in [0.4, 0.5) is 5.69 Å². The van der Waals surface area contributed by atoms with Crippen molar-refractivity contribution in [2.24, 2.45) is 0 Å². The summed E-state index contributed by atoms with van der Waals surface area (Å²) < 4.78 is 10.6. The lowest BCUT2D eigenvalue weighted by molar-refractivity contribution is -0.128. The summed E-state index contributed by atoms with van der Waals surface area (Å²) in [5, 5.41) is 5.89. The Kier molecular flexibility index (Phi) is 7.10. The number of ether oxygens (including phenoxy) is 1. The average Bonchev–Trinajstić information content (AvgIpc) is 3.30. The van der Waals surface area contributed by atoms with Gasteiger partial charge in [0.1, 0.15) is 11.5 Å². The zero-order valence-electron chi connectivity index (χ0n) is 17.1. The van der Waals surface area contributed by atoms with Crippen LogP contribution in [-0.2, 0) is 17.9 Å². The second-order valence-electron chi connectivity index (χ2n) is 6.72. The molecule has 1 heterocycles. The molecule has 0 aliphatic heterocycles. The molecule has 0 atom stereocenters. The highest BCUT2D eigenvalue weighted by molar-refractivity contribution is 6.00. The van der Waals surface area contributed by atoms with Gasteiger partial charge in [-0.25, -0.2) is 0 Å². The molecule has 0 bridgehead atoms. The van der Waals surface area contributed by atoms with E-state index in [-0.39, 0.29) is 18.4 Å². The van der Waals surface area contributed by atoms with E-state index in [4.69, 9.17) is 9.15 Å². The van der Waals surface area contributed by atoms with Gasteiger partial charge in [-0.3, -0.25) is 9.59 Å². The molecule has 2 amide bonds. The van der Waals surface area contributed by atoms with Crippen LogP contribution in [0, 0.1) is 0 Å². The van der Waals surface area contributed by atoms with E-state index in [0.717, 1.165) is 11.3 Å². The number of amides is 2. The highest BCUT2D eigenvalue weighted by Gasteiger charge is 2.15. The monoisotopic (exact) mass is 407 g/mol. The maximum absolute atomic E-state index is 12.6. The van der Waals surface area contributed by atoms with Crippen LogP contribution in [0.25, 0.3) is 0 Å². The quantitative estimate of drug-likeness (QED) is 0.569. The van der Waals surface area contributed by atoms with Crippen molar-refractivity contribution >= 4 is 17.5 Å². The summed E-state index contributed by atoms with van der Waals surface area (Å²) in [7, 11) is 3.34. The molecular formula is C23H25N3O4. The predicted molar refractivity (Wildman–Crippen MR) is 114 cm³/mol. The normalized spacial score (nSPS) is 10.3. The molecule has 0 saturated heterocycles. The van der Waals surface area contributed by atoms with Crippen LogP contribution >= 0.6 is 0 Å². The molecule has 3 rings (SSSR count). The minimum absolute atomic E-state index is 0.0636. The van der Waals surface area contributed by atoms with Crippen LogP contribution in [0.1, 0.15) is 21.7 Å². The fourth-order valence-corrected chi connectivity index (χ4v) is 2.99. The third-order valence-electron chi connectivity index (χ3n) is 4.63. The highest BCUT2D eigenvalue weighted by Crippen LogP contribution is 2.19. The topological polar surface area (TPSA) is 83.8 Å². The Hall–Kier alpha value is -3.74. The Bertz CT molecular complexity index is 986. The van der Waals surface area contributed by atoms with E-state index in [1.165, 1.54) is 0 Å². The van der Waals surface area contributed by atoms with Gasteiger partial charge in [0, 0.05) is 24.8 Å². The number of para-hydroxylation sites is 2. The summed E-state index contributed by atoms with van der Waals surface area (Å²) >= 11 is 0. The first kappa shape index (κ1) is 21.0. The summed E-state index contributed by atoms with van der Waals surface area (Å²) in [4.78, 5) is 26.8. The van der Waals surface area contributed by atoms with Crippen LogP contribution < -0.4 is 15.4 Å². The van der Waals surface area contributed by atoms with Crippen LogP contribution in [0.2, 0.25) is 0 Å². The molecule has 0 fully saturated rings. The number of furan rings is 1. The lowest BCUT2D eigenvalue weighted by Crippen LogP contribution is -2.32. The van der Waals surface area contributed by atoms with Gasteiger partial charge in [-0.1, -0.05) is 30.3 Å². The minimum atomic E-state index is -0.246. The van der Waals surface area contributed by atoms with E-state index in [9.17, 15) is 9.59 Å². The van der Waals surface area contributed by atoms with Crippen LogP contribution in [-0.4, -0.2) is 37.4 Å². The van der Waals surface area contributed by atoms with Gasteiger partial charge < -0.3 is 24.7 Å². The Balaban J connectivity index is 1.58. The predicted octanol–water partition coefficient (Wildman–Crippen LogP) is 3.29. The van der Waals surface area contributed by atoms with E-state index in [1.54, 1.807) is 55.7 Å². The van der Waals surface area contributed by atoms with Crippen molar-refractivity contribution in [2.75, 3.05) is 26.0 Å². The molecule has 3 aromatic rings. The van der Waals surface area contributed by atoms with Crippen molar-refractivity contribution in [1.29, 1.82) is 0 Å². The first-order valence-electron chi connectivity index (χ1n) is 9.58. The molecule has 7 heteroatoms. The number of nitrogens with one attached hydrogen (secondary N) is 2. The molecule has 0 unspecified atom stereocenters. The number of carbonyl (C=O) groups is 2. The Morgan fingerprint density at radius 2 is 1.80 bits per heavy atom. The van der Waals surface area contributed by atoms with Gasteiger partial charge in [-0.15, -0.1) is 0 Å². The zero-order chi connectivity index (χ0) is 21.3. The van der Waals surface area contributed by atoms with Gasteiger partial charge in [0.05, 0.1) is 32.0 Å². The zero-order valence-corrected chi connectivity index (χ0v) is 17.1. The largest absolute Gasteiger partial charge is 0.496 e. The fourth-order valence-electron chi connectivity index (χ4n) is 2.99. The van der Waals surface area contributed by atoms with E-state index in [0.29, 0.717) is 30.1 Å². The van der Waals surface area contributed by atoms with Gasteiger partial charge in [-0.2, -0.15) is 0 Å². The van der Waals surface area contributed by atoms with Crippen LogP contribution in [0.5, 0.6) is 5.75 Å². The van der Waals surface area contributed by atoms with Crippen molar-refractivity contribution in [2.45, 2.75) is 13.1 Å². The van der Waals surface area contributed by atoms with Gasteiger partial charge in [0.15, 0.2) is 0 Å². The Morgan fingerprint density at radius 1 is 1.03 bits per heavy atom.